The normalized spacial score (nSPS) is 26.3. The van der Waals surface area contributed by atoms with Gasteiger partial charge in [-0.1, -0.05) is 20.8 Å². The zero-order valence-electron chi connectivity index (χ0n) is 12.0. The quantitative estimate of drug-likeness (QED) is 0.732. The molecule has 0 aromatic heterocycles. The first-order chi connectivity index (χ1) is 7.56. The number of carbonyl (C=O) groups excluding carboxylic acids is 1. The molecule has 0 aliphatic carbocycles. The number of ether oxygens (including phenoxy) is 1. The Labute approximate surface area is 105 Å². The van der Waals surface area contributed by atoms with Gasteiger partial charge in [0, 0.05) is 7.05 Å². The van der Waals surface area contributed by atoms with Crippen LogP contribution in [0.25, 0.3) is 0 Å². The third-order valence-corrected chi connectivity index (χ3v) is 8.54. The second-order valence-corrected chi connectivity index (χ2v) is 11.1. The van der Waals surface area contributed by atoms with Crippen molar-refractivity contribution in [3.05, 3.63) is 0 Å². The smallest absolute Gasteiger partial charge is 0.410 e. The molecule has 0 radical (unpaired) electrons. The molecule has 1 rings (SSSR count). The van der Waals surface area contributed by atoms with Crippen LogP contribution < -0.4 is 0 Å². The Balaban J connectivity index is 2.60. The van der Waals surface area contributed by atoms with E-state index in [0.29, 0.717) is 6.61 Å². The molecule has 5 heteroatoms. The molecule has 1 aliphatic rings. The molecule has 0 spiro atoms. The highest BCUT2D eigenvalue weighted by atomic mass is 28.4. The van der Waals surface area contributed by atoms with E-state index in [0.717, 1.165) is 0 Å². The van der Waals surface area contributed by atoms with E-state index in [4.69, 9.17) is 9.16 Å². The molecule has 1 saturated heterocycles. The fraction of sp³-hybridized carbons (Fsp3) is 0.917. The average molecular weight is 259 g/mol. The van der Waals surface area contributed by atoms with Crippen LogP contribution in [-0.2, 0) is 9.16 Å². The lowest BCUT2D eigenvalue weighted by Crippen LogP contribution is -2.46. The van der Waals surface area contributed by atoms with Crippen molar-refractivity contribution in [3.63, 3.8) is 0 Å². The van der Waals surface area contributed by atoms with Crippen LogP contribution in [0.2, 0.25) is 18.1 Å². The number of hydrogen-bond acceptors (Lipinski definition) is 3. The Morgan fingerprint density at radius 1 is 1.41 bits per heavy atom. The van der Waals surface area contributed by atoms with Gasteiger partial charge in [0.25, 0.3) is 0 Å². The molecule has 1 aliphatic heterocycles. The van der Waals surface area contributed by atoms with Crippen LogP contribution in [0.4, 0.5) is 4.79 Å². The molecule has 0 N–H and O–H groups in total. The summed E-state index contributed by atoms with van der Waals surface area (Å²) >= 11 is 0. The number of cyclic esters (lactones) is 1. The van der Waals surface area contributed by atoms with Gasteiger partial charge in [0.2, 0.25) is 0 Å². The lowest BCUT2D eigenvalue weighted by Gasteiger charge is -2.37. The van der Waals surface area contributed by atoms with E-state index in [1.807, 2.05) is 6.92 Å². The van der Waals surface area contributed by atoms with Crippen molar-refractivity contribution in [1.29, 1.82) is 0 Å². The Bertz CT molecular complexity index is 299. The van der Waals surface area contributed by atoms with Crippen LogP contribution in [0.1, 0.15) is 27.7 Å². The Kier molecular flexibility index (Phi) is 3.93. The van der Waals surface area contributed by atoms with E-state index in [9.17, 15) is 4.79 Å². The van der Waals surface area contributed by atoms with Gasteiger partial charge in [-0.25, -0.2) is 4.79 Å². The molecular weight excluding hydrogens is 234 g/mol. The highest BCUT2D eigenvalue weighted by Crippen LogP contribution is 2.37. The van der Waals surface area contributed by atoms with Gasteiger partial charge in [-0.3, -0.25) is 0 Å². The molecule has 4 nitrogen and oxygen atoms in total. The maximum Gasteiger partial charge on any atom is 0.410 e. The summed E-state index contributed by atoms with van der Waals surface area (Å²) in [7, 11) is 0.0222. The number of nitrogens with zero attached hydrogens (tertiary/aromatic N) is 1. The summed E-state index contributed by atoms with van der Waals surface area (Å²) in [6, 6.07) is 0.0385. The number of likely N-dealkylation sites (N-methyl/N-ethyl adjacent to an activating group) is 1. The molecule has 1 amide bonds. The molecule has 100 valence electrons. The third kappa shape index (κ3) is 3.01. The predicted octanol–water partition coefficient (Wildman–Crippen LogP) is 2.85. The fourth-order valence-electron chi connectivity index (χ4n) is 1.53. The van der Waals surface area contributed by atoms with Crippen molar-refractivity contribution in [2.24, 2.45) is 0 Å². The highest BCUT2D eigenvalue weighted by Gasteiger charge is 2.41. The predicted molar refractivity (Wildman–Crippen MR) is 70.6 cm³/mol. The number of rotatable bonds is 3. The molecule has 1 heterocycles. The maximum absolute atomic E-state index is 11.4. The van der Waals surface area contributed by atoms with Crippen LogP contribution in [0, 0.1) is 0 Å². The van der Waals surface area contributed by atoms with Crippen molar-refractivity contribution in [1.82, 2.24) is 4.90 Å². The summed E-state index contributed by atoms with van der Waals surface area (Å²) in [6.07, 6.45) is -0.335. The van der Waals surface area contributed by atoms with E-state index in [1.165, 1.54) is 0 Å². The largest absolute Gasteiger partial charge is 0.444 e. The van der Waals surface area contributed by atoms with Crippen molar-refractivity contribution in [2.75, 3.05) is 13.7 Å². The first-order valence-electron chi connectivity index (χ1n) is 6.13. The molecule has 1 fully saturated rings. The summed E-state index contributed by atoms with van der Waals surface area (Å²) in [6.45, 7) is 13.6. The maximum atomic E-state index is 11.4. The van der Waals surface area contributed by atoms with Crippen LogP contribution in [0.15, 0.2) is 0 Å². The van der Waals surface area contributed by atoms with E-state index in [2.05, 4.69) is 33.9 Å². The van der Waals surface area contributed by atoms with Crippen LogP contribution >= 0.6 is 0 Å². The molecular formula is C12H25NO3Si. The average Bonchev–Trinajstić information content (AvgIpc) is 2.37. The van der Waals surface area contributed by atoms with Crippen LogP contribution in [0.5, 0.6) is 0 Å². The number of carbonyl (C=O) groups is 1. The van der Waals surface area contributed by atoms with E-state index in [1.54, 1.807) is 11.9 Å². The first-order valence-corrected chi connectivity index (χ1v) is 9.04. The second-order valence-electron chi connectivity index (χ2n) is 6.34. The van der Waals surface area contributed by atoms with Gasteiger partial charge in [-0.2, -0.15) is 0 Å². The summed E-state index contributed by atoms with van der Waals surface area (Å²) in [5.74, 6) is 0. The molecule has 0 aromatic carbocycles. The minimum atomic E-state index is -1.75. The molecule has 0 saturated carbocycles. The number of amides is 1. The van der Waals surface area contributed by atoms with Gasteiger partial charge in [0.05, 0.1) is 12.6 Å². The summed E-state index contributed by atoms with van der Waals surface area (Å²) in [4.78, 5) is 13.0. The molecule has 0 aromatic rings. The fourth-order valence-corrected chi connectivity index (χ4v) is 2.55. The summed E-state index contributed by atoms with van der Waals surface area (Å²) in [5, 5.41) is 0.193. The van der Waals surface area contributed by atoms with Crippen molar-refractivity contribution in [3.8, 4) is 0 Å². The zero-order valence-corrected chi connectivity index (χ0v) is 13.0. The van der Waals surface area contributed by atoms with Gasteiger partial charge in [-0.05, 0) is 25.1 Å². The van der Waals surface area contributed by atoms with Crippen molar-refractivity contribution < 1.29 is 14.0 Å². The molecule has 0 bridgehead atoms. The first kappa shape index (κ1) is 14.5. The van der Waals surface area contributed by atoms with Crippen molar-refractivity contribution >= 4 is 14.4 Å². The van der Waals surface area contributed by atoms with Gasteiger partial charge in [0.15, 0.2) is 8.32 Å². The van der Waals surface area contributed by atoms with Gasteiger partial charge in [0.1, 0.15) is 6.10 Å². The minimum Gasteiger partial charge on any atom is -0.444 e. The standard InChI is InChI=1S/C12H25NO3Si/c1-9-10(13(5)11(14)16-9)8-15-17(6,7)12(2,3)4/h9-10H,8H2,1-7H3/t9-,10+/m1/s1. The summed E-state index contributed by atoms with van der Waals surface area (Å²) < 4.78 is 11.3. The van der Waals surface area contributed by atoms with Gasteiger partial charge in [-0.15, -0.1) is 0 Å². The highest BCUT2D eigenvalue weighted by molar-refractivity contribution is 6.74. The van der Waals surface area contributed by atoms with Crippen molar-refractivity contribution in [2.45, 2.75) is 58.0 Å². The number of hydrogen-bond donors (Lipinski definition) is 0. The lowest BCUT2D eigenvalue weighted by molar-refractivity contribution is 0.130. The third-order valence-electron chi connectivity index (χ3n) is 4.04. The van der Waals surface area contributed by atoms with Crippen LogP contribution in [0.3, 0.4) is 0 Å². The van der Waals surface area contributed by atoms with E-state index < -0.39 is 8.32 Å². The molecule has 17 heavy (non-hydrogen) atoms. The minimum absolute atomic E-state index is 0.0385. The van der Waals surface area contributed by atoms with Crippen LogP contribution in [-0.4, -0.2) is 45.1 Å². The Morgan fingerprint density at radius 3 is 2.29 bits per heavy atom. The van der Waals surface area contributed by atoms with Gasteiger partial charge >= 0.3 is 6.09 Å². The van der Waals surface area contributed by atoms with E-state index in [-0.39, 0.29) is 23.3 Å². The summed E-state index contributed by atoms with van der Waals surface area (Å²) in [5.41, 5.74) is 0. The molecule has 2 atom stereocenters. The van der Waals surface area contributed by atoms with Gasteiger partial charge < -0.3 is 14.1 Å². The topological polar surface area (TPSA) is 38.8 Å². The molecule has 0 unspecified atom stereocenters. The monoisotopic (exact) mass is 259 g/mol. The zero-order chi connectivity index (χ0) is 13.4. The second kappa shape index (κ2) is 4.61. The lowest BCUT2D eigenvalue weighted by atomic mass is 10.2. The Morgan fingerprint density at radius 2 is 1.94 bits per heavy atom. The van der Waals surface area contributed by atoms with E-state index >= 15 is 0 Å². The Hall–Kier alpha value is -0.553. The SMILES string of the molecule is C[C@H]1OC(=O)N(C)[C@H]1CO[Si](C)(C)C(C)(C)C.